The van der Waals surface area contributed by atoms with Crippen LogP contribution < -0.4 is 10.6 Å². The molecule has 31 heavy (non-hydrogen) atoms. The summed E-state index contributed by atoms with van der Waals surface area (Å²) < 4.78 is 0. The van der Waals surface area contributed by atoms with Crippen molar-refractivity contribution in [1.82, 2.24) is 10.6 Å². The number of nitrogens with one attached hydrogen (secondary N) is 2. The molecule has 0 radical (unpaired) electrons. The van der Waals surface area contributed by atoms with Crippen LogP contribution in [0, 0.1) is 16.7 Å². The van der Waals surface area contributed by atoms with Crippen LogP contribution in [-0.2, 0) is 10.2 Å². The number of benzene rings is 1. The van der Waals surface area contributed by atoms with E-state index in [9.17, 15) is 4.79 Å². The third kappa shape index (κ3) is 4.72. The van der Waals surface area contributed by atoms with Gasteiger partial charge in [0.1, 0.15) is 0 Å². The zero-order valence-electron chi connectivity index (χ0n) is 20.3. The molecule has 0 aromatic heterocycles. The molecule has 1 aromatic carbocycles. The fourth-order valence-corrected chi connectivity index (χ4v) is 7.98. The second-order valence-electron chi connectivity index (χ2n) is 11.9. The second kappa shape index (κ2) is 8.89. The predicted molar refractivity (Wildman–Crippen MR) is 129 cm³/mol. The summed E-state index contributed by atoms with van der Waals surface area (Å²) in [5, 5.41) is 6.91. The molecule has 1 aromatic rings. The van der Waals surface area contributed by atoms with Crippen LogP contribution >= 0.6 is 0 Å². The van der Waals surface area contributed by atoms with Crippen molar-refractivity contribution >= 4 is 5.91 Å². The van der Waals surface area contributed by atoms with Crippen molar-refractivity contribution in [3.63, 3.8) is 0 Å². The van der Waals surface area contributed by atoms with Gasteiger partial charge in [0, 0.05) is 17.5 Å². The van der Waals surface area contributed by atoms with Gasteiger partial charge in [-0.2, -0.15) is 0 Å². The first-order chi connectivity index (χ1) is 14.8. The zero-order chi connectivity index (χ0) is 22.1. The Kier molecular flexibility index (Phi) is 6.54. The van der Waals surface area contributed by atoms with Crippen LogP contribution in [0.1, 0.15) is 97.0 Å². The Morgan fingerprint density at radius 2 is 1.65 bits per heavy atom. The molecule has 3 unspecified atom stereocenters. The summed E-state index contributed by atoms with van der Waals surface area (Å²) in [6.45, 7) is 7.11. The maximum Gasteiger partial charge on any atom is 0.226 e. The molecule has 1 amide bonds. The fraction of sp³-hybridized carbons (Fsp3) is 0.750. The Hall–Kier alpha value is -1.35. The van der Waals surface area contributed by atoms with E-state index >= 15 is 0 Å². The van der Waals surface area contributed by atoms with Crippen molar-refractivity contribution in [2.75, 3.05) is 7.05 Å². The lowest BCUT2D eigenvalue weighted by atomic mass is 9.46. The van der Waals surface area contributed by atoms with Gasteiger partial charge in [-0.3, -0.25) is 4.79 Å². The number of fused-ring (bicyclic) bond motifs is 2. The summed E-state index contributed by atoms with van der Waals surface area (Å²) in [5.74, 6) is 0.972. The van der Waals surface area contributed by atoms with Gasteiger partial charge >= 0.3 is 0 Å². The molecule has 3 aliphatic rings. The molecule has 0 heterocycles. The topological polar surface area (TPSA) is 41.1 Å². The minimum absolute atomic E-state index is 0.141. The number of carbonyl (C=O) groups is 1. The van der Waals surface area contributed by atoms with E-state index in [0.29, 0.717) is 29.3 Å². The normalized spacial score (nSPS) is 40.3. The maximum atomic E-state index is 13.7. The van der Waals surface area contributed by atoms with Crippen LogP contribution in [0.5, 0.6) is 0 Å². The number of hydrogen-bond donors (Lipinski definition) is 2. The van der Waals surface area contributed by atoms with E-state index in [1.165, 1.54) is 50.5 Å². The van der Waals surface area contributed by atoms with E-state index in [1.807, 2.05) is 0 Å². The van der Waals surface area contributed by atoms with Gasteiger partial charge in [0.05, 0.1) is 0 Å². The lowest BCUT2D eigenvalue weighted by molar-refractivity contribution is -0.139. The standard InChI is InChI=1S/C28H44N2O/c1-5-15-26(2)16-21-17-27(3,25(31)30-24-13-11-23(29-4)12-14-24)20-28(18-21,19-26)22-9-7-6-8-10-22/h6-10,21,23-24,29H,5,11-20H2,1-4H3,(H,30,31)/t21?,23?,24?,26-,27?,28?/m0/s1. The highest BCUT2D eigenvalue weighted by Gasteiger charge is 2.56. The smallest absolute Gasteiger partial charge is 0.226 e. The Bertz CT molecular complexity index is 756. The van der Waals surface area contributed by atoms with E-state index in [1.54, 1.807) is 0 Å². The van der Waals surface area contributed by atoms with E-state index in [0.717, 1.165) is 25.7 Å². The monoisotopic (exact) mass is 424 g/mol. The number of amides is 1. The van der Waals surface area contributed by atoms with Crippen molar-refractivity contribution in [1.29, 1.82) is 0 Å². The summed E-state index contributed by atoms with van der Waals surface area (Å²) in [4.78, 5) is 13.7. The Morgan fingerprint density at radius 1 is 0.968 bits per heavy atom. The highest BCUT2D eigenvalue weighted by molar-refractivity contribution is 5.83. The maximum absolute atomic E-state index is 13.7. The van der Waals surface area contributed by atoms with Gasteiger partial charge < -0.3 is 10.6 Å². The van der Waals surface area contributed by atoms with Gasteiger partial charge in [0.25, 0.3) is 0 Å². The number of hydrogen-bond acceptors (Lipinski definition) is 2. The van der Waals surface area contributed by atoms with Crippen molar-refractivity contribution in [3.05, 3.63) is 35.9 Å². The third-order valence-electron chi connectivity index (χ3n) is 8.95. The first kappa shape index (κ1) is 22.8. The van der Waals surface area contributed by atoms with Crippen LogP contribution in [0.3, 0.4) is 0 Å². The average molecular weight is 425 g/mol. The van der Waals surface area contributed by atoms with Crippen LogP contribution in [-0.4, -0.2) is 25.0 Å². The first-order valence-corrected chi connectivity index (χ1v) is 12.8. The molecule has 172 valence electrons. The van der Waals surface area contributed by atoms with E-state index in [-0.39, 0.29) is 10.8 Å². The van der Waals surface area contributed by atoms with Crippen LogP contribution in [0.2, 0.25) is 0 Å². The molecule has 0 aliphatic heterocycles. The SMILES string of the molecule is CCC[C@@]1(C)CC2CC(C)(C(=O)NC3CCC(NC)CC3)CC(c3ccccc3)(C2)C1. The Morgan fingerprint density at radius 3 is 2.29 bits per heavy atom. The second-order valence-corrected chi connectivity index (χ2v) is 11.9. The number of carbonyl (C=O) groups excluding carboxylic acids is 1. The minimum atomic E-state index is -0.258. The molecule has 3 nitrogen and oxygen atoms in total. The summed E-state index contributed by atoms with van der Waals surface area (Å²) in [5.41, 5.74) is 1.75. The predicted octanol–water partition coefficient (Wildman–Crippen LogP) is 5.98. The largest absolute Gasteiger partial charge is 0.353 e. The summed E-state index contributed by atoms with van der Waals surface area (Å²) in [6.07, 6.45) is 12.9. The van der Waals surface area contributed by atoms with E-state index in [4.69, 9.17) is 0 Å². The van der Waals surface area contributed by atoms with Gasteiger partial charge in [-0.05, 0) is 93.6 Å². The molecule has 3 saturated carbocycles. The zero-order valence-corrected chi connectivity index (χ0v) is 20.3. The van der Waals surface area contributed by atoms with E-state index < -0.39 is 0 Å². The van der Waals surface area contributed by atoms with Gasteiger partial charge in [-0.25, -0.2) is 0 Å². The van der Waals surface area contributed by atoms with Gasteiger partial charge in [-0.1, -0.05) is 57.5 Å². The number of rotatable bonds is 6. The fourth-order valence-electron chi connectivity index (χ4n) is 7.98. The average Bonchev–Trinajstić information content (AvgIpc) is 2.74. The van der Waals surface area contributed by atoms with Gasteiger partial charge in [0.15, 0.2) is 0 Å². The summed E-state index contributed by atoms with van der Waals surface area (Å²) in [6, 6.07) is 12.1. The Balaban J connectivity index is 1.56. The molecular formula is C28H44N2O. The van der Waals surface area contributed by atoms with Crippen LogP contribution in [0.15, 0.2) is 30.3 Å². The lowest BCUT2D eigenvalue weighted by Gasteiger charge is -2.58. The molecule has 3 fully saturated rings. The molecule has 4 atom stereocenters. The molecule has 4 rings (SSSR count). The molecule has 3 heteroatoms. The third-order valence-corrected chi connectivity index (χ3v) is 8.95. The Labute approximate surface area is 190 Å². The van der Waals surface area contributed by atoms with Gasteiger partial charge in [0.2, 0.25) is 5.91 Å². The minimum Gasteiger partial charge on any atom is -0.353 e. The molecule has 3 aliphatic carbocycles. The molecular weight excluding hydrogens is 380 g/mol. The summed E-state index contributed by atoms with van der Waals surface area (Å²) in [7, 11) is 2.06. The quantitative estimate of drug-likeness (QED) is 0.590. The van der Waals surface area contributed by atoms with Crippen molar-refractivity contribution in [3.8, 4) is 0 Å². The molecule has 0 spiro atoms. The summed E-state index contributed by atoms with van der Waals surface area (Å²) >= 11 is 0. The van der Waals surface area contributed by atoms with E-state index in [2.05, 4.69) is 68.8 Å². The molecule has 0 saturated heterocycles. The molecule has 2 bridgehead atoms. The van der Waals surface area contributed by atoms with Crippen molar-refractivity contribution < 1.29 is 4.79 Å². The lowest BCUT2D eigenvalue weighted by Crippen LogP contribution is -2.55. The van der Waals surface area contributed by atoms with Crippen LogP contribution in [0.4, 0.5) is 0 Å². The van der Waals surface area contributed by atoms with Gasteiger partial charge in [-0.15, -0.1) is 0 Å². The van der Waals surface area contributed by atoms with Crippen LogP contribution in [0.25, 0.3) is 0 Å². The van der Waals surface area contributed by atoms with Crippen molar-refractivity contribution in [2.45, 2.75) is 109 Å². The highest BCUT2D eigenvalue weighted by Crippen LogP contribution is 2.62. The first-order valence-electron chi connectivity index (χ1n) is 12.8. The highest BCUT2D eigenvalue weighted by atomic mass is 16.2. The van der Waals surface area contributed by atoms with Crippen molar-refractivity contribution in [2.24, 2.45) is 16.7 Å². The molecule has 2 N–H and O–H groups in total.